The molecule has 0 spiro atoms. The molecular formula is C32H40F3N3O6S. The Labute approximate surface area is 262 Å². The topological polar surface area (TPSA) is 120 Å². The second-order valence-electron chi connectivity index (χ2n) is 10.8. The van der Waals surface area contributed by atoms with E-state index in [1.54, 1.807) is 31.2 Å². The number of alkyl halides is 3. The number of unbranched alkanes of at least 4 members (excludes halogenated alkanes) is 8. The number of rotatable bonds is 17. The maximum absolute atomic E-state index is 12.9. The van der Waals surface area contributed by atoms with Crippen molar-refractivity contribution in [3.63, 3.8) is 0 Å². The van der Waals surface area contributed by atoms with Gasteiger partial charge < -0.3 is 14.2 Å². The minimum absolute atomic E-state index is 0.0313. The van der Waals surface area contributed by atoms with Crippen molar-refractivity contribution in [2.24, 2.45) is 0 Å². The van der Waals surface area contributed by atoms with Gasteiger partial charge in [0, 0.05) is 25.1 Å². The van der Waals surface area contributed by atoms with Crippen LogP contribution in [-0.2, 0) is 43.7 Å². The van der Waals surface area contributed by atoms with Gasteiger partial charge in [-0.1, -0.05) is 87.7 Å². The predicted molar refractivity (Wildman–Crippen MR) is 161 cm³/mol. The van der Waals surface area contributed by atoms with Crippen LogP contribution in [0.25, 0.3) is 11.5 Å². The summed E-state index contributed by atoms with van der Waals surface area (Å²) in [5.74, 6) is -1.14. The minimum Gasteiger partial charge on any atom is -0.459 e. The van der Waals surface area contributed by atoms with Crippen LogP contribution in [0, 0.1) is 0 Å². The van der Waals surface area contributed by atoms with E-state index in [1.807, 2.05) is 0 Å². The summed E-state index contributed by atoms with van der Waals surface area (Å²) in [6.07, 6.45) is 11.6. The quantitative estimate of drug-likeness (QED) is 0.0854. The van der Waals surface area contributed by atoms with Crippen molar-refractivity contribution in [3.8, 4) is 11.5 Å². The van der Waals surface area contributed by atoms with Gasteiger partial charge in [-0.05, 0) is 48.7 Å². The summed E-state index contributed by atoms with van der Waals surface area (Å²) in [5, 5.41) is 4.09. The maximum Gasteiger partial charge on any atom is 0.501 e. The fourth-order valence-corrected chi connectivity index (χ4v) is 5.50. The molecule has 1 heterocycles. The van der Waals surface area contributed by atoms with Gasteiger partial charge in [-0.25, -0.2) is 13.2 Å². The Bertz CT molecular complexity index is 1490. The fraction of sp³-hybridized carbons (Fsp3) is 0.500. The Morgan fingerprint density at radius 2 is 1.49 bits per heavy atom. The van der Waals surface area contributed by atoms with Gasteiger partial charge in [-0.3, -0.25) is 4.79 Å². The first-order valence-electron chi connectivity index (χ1n) is 15.2. The molecule has 0 saturated carbocycles. The Morgan fingerprint density at radius 3 is 2.11 bits per heavy atom. The van der Waals surface area contributed by atoms with Gasteiger partial charge in [0.05, 0.1) is 11.5 Å². The molecule has 0 aliphatic rings. The number of carbonyl (C=O) groups is 2. The Balaban J connectivity index is 1.66. The molecule has 0 fully saturated rings. The molecule has 13 heteroatoms. The number of aromatic nitrogens is 2. The number of hydrogen-bond acceptors (Lipinski definition) is 8. The summed E-state index contributed by atoms with van der Waals surface area (Å²) in [5.41, 5.74) is -3.91. The van der Waals surface area contributed by atoms with Crippen molar-refractivity contribution in [3.05, 3.63) is 65.5 Å². The maximum atomic E-state index is 12.9. The number of benzene rings is 2. The molecule has 0 saturated heterocycles. The Hall–Kier alpha value is -3.74. The highest BCUT2D eigenvalue weighted by Crippen LogP contribution is 2.30. The molecule has 0 unspecified atom stereocenters. The molecule has 0 aliphatic heterocycles. The molecule has 1 amide bonds. The standard InChI is InChI=1S/C32H40F3N3O6S/c1-3-5-6-7-8-9-10-11-12-16-28-36-29(44-37-28)26-15-13-14-25(21-26)23-38(30(39)31(40)43-4-2)22-24-17-19-27(20-18-24)45(41,42)32(33,34)35/h13-15,17-21H,3-12,16,22-23H2,1-2H3. The highest BCUT2D eigenvalue weighted by atomic mass is 32.2. The molecule has 9 nitrogen and oxygen atoms in total. The van der Waals surface area contributed by atoms with Crippen LogP contribution >= 0.6 is 0 Å². The van der Waals surface area contributed by atoms with Crippen molar-refractivity contribution >= 4 is 21.7 Å². The first kappa shape index (κ1) is 35.7. The number of sulfone groups is 1. The lowest BCUT2D eigenvalue weighted by atomic mass is 10.1. The highest BCUT2D eigenvalue weighted by Gasteiger charge is 2.46. The van der Waals surface area contributed by atoms with E-state index in [0.717, 1.165) is 42.0 Å². The first-order valence-corrected chi connectivity index (χ1v) is 16.7. The molecule has 0 N–H and O–H groups in total. The number of halogens is 3. The average molecular weight is 652 g/mol. The van der Waals surface area contributed by atoms with E-state index in [1.165, 1.54) is 44.9 Å². The summed E-state index contributed by atoms with van der Waals surface area (Å²) < 4.78 is 72.5. The zero-order valence-corrected chi connectivity index (χ0v) is 26.5. The van der Waals surface area contributed by atoms with E-state index in [9.17, 15) is 31.2 Å². The molecule has 45 heavy (non-hydrogen) atoms. The van der Waals surface area contributed by atoms with Gasteiger partial charge in [0.15, 0.2) is 5.82 Å². The molecule has 3 aromatic rings. The van der Waals surface area contributed by atoms with Crippen LogP contribution in [0.3, 0.4) is 0 Å². The number of aryl methyl sites for hydroxylation is 1. The number of amides is 1. The molecule has 1 aromatic heterocycles. The SMILES string of the molecule is CCCCCCCCCCCc1noc(-c2cccc(CN(Cc3ccc(S(=O)(=O)C(F)(F)F)cc3)C(=O)C(=O)OCC)c2)n1. The second kappa shape index (κ2) is 17.1. The van der Waals surface area contributed by atoms with Crippen molar-refractivity contribution in [2.45, 2.75) is 102 Å². The summed E-state index contributed by atoms with van der Waals surface area (Å²) in [7, 11) is -5.52. The van der Waals surface area contributed by atoms with Crippen molar-refractivity contribution in [1.82, 2.24) is 15.0 Å². The smallest absolute Gasteiger partial charge is 0.459 e. The third kappa shape index (κ3) is 10.7. The number of hydrogen-bond donors (Lipinski definition) is 0. The normalized spacial score (nSPS) is 11.8. The molecule has 0 bridgehead atoms. The number of nitrogens with zero attached hydrogens (tertiary/aromatic N) is 3. The van der Waals surface area contributed by atoms with Gasteiger partial charge >= 0.3 is 17.4 Å². The van der Waals surface area contributed by atoms with Crippen molar-refractivity contribution < 1.29 is 40.4 Å². The van der Waals surface area contributed by atoms with E-state index < -0.39 is 32.1 Å². The van der Waals surface area contributed by atoms with E-state index in [4.69, 9.17) is 9.26 Å². The molecule has 0 aliphatic carbocycles. The predicted octanol–water partition coefficient (Wildman–Crippen LogP) is 7.20. The number of esters is 1. The summed E-state index contributed by atoms with van der Waals surface area (Å²) in [6, 6.07) is 10.9. The monoisotopic (exact) mass is 651 g/mol. The Kier molecular flexibility index (Phi) is 13.6. The minimum atomic E-state index is -5.52. The van der Waals surface area contributed by atoms with Crippen LogP contribution in [0.2, 0.25) is 0 Å². The molecule has 2 aromatic carbocycles. The number of ether oxygens (including phenoxy) is 1. The molecule has 3 rings (SSSR count). The zero-order chi connectivity index (χ0) is 32.9. The van der Waals surface area contributed by atoms with Gasteiger partial charge in [-0.2, -0.15) is 18.2 Å². The molecular weight excluding hydrogens is 611 g/mol. The van der Waals surface area contributed by atoms with Crippen molar-refractivity contribution in [2.75, 3.05) is 6.61 Å². The summed E-state index contributed by atoms with van der Waals surface area (Å²) in [4.78, 5) is 30.0. The molecule has 0 radical (unpaired) electrons. The van der Waals surface area contributed by atoms with Gasteiger partial charge in [0.1, 0.15) is 0 Å². The van der Waals surface area contributed by atoms with Crippen molar-refractivity contribution in [1.29, 1.82) is 0 Å². The summed E-state index contributed by atoms with van der Waals surface area (Å²) >= 11 is 0. The summed E-state index contributed by atoms with van der Waals surface area (Å²) in [6.45, 7) is 3.47. The third-order valence-corrected chi connectivity index (χ3v) is 8.67. The van der Waals surface area contributed by atoms with E-state index in [2.05, 4.69) is 17.1 Å². The third-order valence-electron chi connectivity index (χ3n) is 7.17. The first-order chi connectivity index (χ1) is 21.5. The Morgan fingerprint density at radius 1 is 0.867 bits per heavy atom. The van der Waals surface area contributed by atoms with E-state index >= 15 is 0 Å². The van der Waals surface area contributed by atoms with Gasteiger partial charge in [0.2, 0.25) is 0 Å². The largest absolute Gasteiger partial charge is 0.501 e. The second-order valence-corrected chi connectivity index (χ2v) is 12.7. The molecule has 0 atom stereocenters. The van der Waals surface area contributed by atoms with Gasteiger partial charge in [-0.15, -0.1) is 0 Å². The average Bonchev–Trinajstić information content (AvgIpc) is 3.48. The van der Waals surface area contributed by atoms with Gasteiger partial charge in [0.25, 0.3) is 15.7 Å². The van der Waals surface area contributed by atoms with Crippen LogP contribution < -0.4 is 0 Å². The lowest BCUT2D eigenvalue weighted by Crippen LogP contribution is -2.36. The van der Waals surface area contributed by atoms with Crippen LogP contribution in [0.15, 0.2) is 57.9 Å². The number of carbonyl (C=O) groups excluding carboxylic acids is 2. The zero-order valence-electron chi connectivity index (χ0n) is 25.6. The highest BCUT2D eigenvalue weighted by molar-refractivity contribution is 7.92. The van der Waals surface area contributed by atoms with E-state index in [0.29, 0.717) is 34.8 Å². The van der Waals surface area contributed by atoms with Crippen LogP contribution in [-0.4, -0.2) is 47.5 Å². The lowest BCUT2D eigenvalue weighted by Gasteiger charge is -2.22. The van der Waals surface area contributed by atoms with E-state index in [-0.39, 0.29) is 19.7 Å². The lowest BCUT2D eigenvalue weighted by molar-refractivity contribution is -0.160. The van der Waals surface area contributed by atoms with Crippen LogP contribution in [0.1, 0.15) is 88.6 Å². The fourth-order valence-electron chi connectivity index (χ4n) is 4.74. The molecule has 246 valence electrons. The van der Waals surface area contributed by atoms with Crippen LogP contribution in [0.5, 0.6) is 0 Å². The van der Waals surface area contributed by atoms with Crippen LogP contribution in [0.4, 0.5) is 13.2 Å².